The van der Waals surface area contributed by atoms with Crippen molar-refractivity contribution in [3.05, 3.63) is 29.3 Å². The largest absolute Gasteiger partial charge is 0.493 e. The van der Waals surface area contributed by atoms with Gasteiger partial charge in [0.15, 0.2) is 0 Å². The highest BCUT2D eigenvalue weighted by Gasteiger charge is 2.33. The molecule has 1 atom stereocenters. The zero-order valence-electron chi connectivity index (χ0n) is 12.1. The molecule has 1 aromatic carbocycles. The van der Waals surface area contributed by atoms with Gasteiger partial charge in [0.05, 0.1) is 6.61 Å². The van der Waals surface area contributed by atoms with Crippen molar-refractivity contribution in [3.8, 4) is 5.75 Å². The van der Waals surface area contributed by atoms with E-state index in [4.69, 9.17) is 4.74 Å². The molecule has 1 unspecified atom stereocenters. The van der Waals surface area contributed by atoms with E-state index in [0.29, 0.717) is 6.04 Å². The van der Waals surface area contributed by atoms with Crippen molar-refractivity contribution in [2.45, 2.75) is 44.2 Å². The van der Waals surface area contributed by atoms with Crippen LogP contribution in [0.25, 0.3) is 0 Å². The molecule has 3 aliphatic rings. The molecule has 3 heteroatoms. The maximum Gasteiger partial charge on any atom is 0.122 e. The zero-order chi connectivity index (χ0) is 13.4. The van der Waals surface area contributed by atoms with Crippen LogP contribution < -0.4 is 10.1 Å². The van der Waals surface area contributed by atoms with Gasteiger partial charge in [-0.3, -0.25) is 4.90 Å². The quantitative estimate of drug-likeness (QED) is 0.887. The molecule has 20 heavy (non-hydrogen) atoms. The fraction of sp³-hybridized carbons (Fsp3) is 0.647. The van der Waals surface area contributed by atoms with Gasteiger partial charge in [-0.2, -0.15) is 0 Å². The number of hydrogen-bond donors (Lipinski definition) is 1. The number of hydrogen-bond acceptors (Lipinski definition) is 3. The van der Waals surface area contributed by atoms with Gasteiger partial charge in [0.2, 0.25) is 0 Å². The van der Waals surface area contributed by atoms with Crippen molar-refractivity contribution in [3.63, 3.8) is 0 Å². The van der Waals surface area contributed by atoms with Gasteiger partial charge < -0.3 is 10.1 Å². The van der Waals surface area contributed by atoms with Crippen molar-refractivity contribution in [1.29, 1.82) is 0 Å². The second-order valence-electron chi connectivity index (χ2n) is 6.46. The molecule has 2 fully saturated rings. The first-order valence-corrected chi connectivity index (χ1v) is 8.10. The fourth-order valence-electron chi connectivity index (χ4n) is 3.54. The van der Waals surface area contributed by atoms with Gasteiger partial charge in [0.1, 0.15) is 5.75 Å². The van der Waals surface area contributed by atoms with Crippen molar-refractivity contribution in [2.75, 3.05) is 26.2 Å². The minimum absolute atomic E-state index is 0.716. The first kappa shape index (κ1) is 12.7. The van der Waals surface area contributed by atoms with Crippen LogP contribution in [0.1, 0.15) is 30.4 Å². The lowest BCUT2D eigenvalue weighted by Crippen LogP contribution is -2.34. The predicted molar refractivity (Wildman–Crippen MR) is 80.3 cm³/mol. The van der Waals surface area contributed by atoms with Gasteiger partial charge >= 0.3 is 0 Å². The molecule has 3 nitrogen and oxygen atoms in total. The highest BCUT2D eigenvalue weighted by Crippen LogP contribution is 2.30. The minimum atomic E-state index is 0.716. The Hall–Kier alpha value is -1.06. The van der Waals surface area contributed by atoms with Crippen LogP contribution >= 0.6 is 0 Å². The molecule has 1 aliphatic carbocycles. The molecule has 108 valence electrons. The third-order valence-electron chi connectivity index (χ3n) is 4.88. The summed E-state index contributed by atoms with van der Waals surface area (Å²) < 4.78 is 5.56. The Balaban J connectivity index is 1.24. The van der Waals surface area contributed by atoms with E-state index >= 15 is 0 Å². The van der Waals surface area contributed by atoms with Crippen LogP contribution in [0.3, 0.4) is 0 Å². The van der Waals surface area contributed by atoms with Crippen molar-refractivity contribution in [1.82, 2.24) is 10.2 Å². The van der Waals surface area contributed by atoms with E-state index in [-0.39, 0.29) is 0 Å². The monoisotopic (exact) mass is 272 g/mol. The van der Waals surface area contributed by atoms with Gasteiger partial charge in [-0.05, 0) is 49.4 Å². The van der Waals surface area contributed by atoms with Crippen LogP contribution in [0, 0.1) is 0 Å². The Morgan fingerprint density at radius 2 is 2.20 bits per heavy atom. The summed E-state index contributed by atoms with van der Waals surface area (Å²) in [5.74, 6) is 1.09. The normalized spacial score (nSPS) is 25.7. The van der Waals surface area contributed by atoms with E-state index in [1.54, 1.807) is 0 Å². The lowest BCUT2D eigenvalue weighted by atomic mass is 10.1. The average Bonchev–Trinajstić information content (AvgIpc) is 3.02. The maximum atomic E-state index is 5.56. The third kappa shape index (κ3) is 2.70. The van der Waals surface area contributed by atoms with Crippen molar-refractivity contribution < 1.29 is 4.74 Å². The Labute approximate surface area is 121 Å². The molecule has 2 aliphatic heterocycles. The summed E-state index contributed by atoms with van der Waals surface area (Å²) in [4.78, 5) is 2.67. The molecule has 0 bridgehead atoms. The van der Waals surface area contributed by atoms with Gasteiger partial charge in [-0.15, -0.1) is 0 Å². The first-order valence-electron chi connectivity index (χ1n) is 8.10. The second-order valence-corrected chi connectivity index (χ2v) is 6.46. The summed E-state index contributed by atoms with van der Waals surface area (Å²) in [6.45, 7) is 4.53. The summed E-state index contributed by atoms with van der Waals surface area (Å²) in [6, 6.07) is 8.33. The van der Waals surface area contributed by atoms with Crippen LogP contribution in [0.5, 0.6) is 5.75 Å². The molecule has 1 aromatic rings. The Morgan fingerprint density at radius 1 is 1.25 bits per heavy atom. The van der Waals surface area contributed by atoms with Gasteiger partial charge in [-0.25, -0.2) is 0 Å². The van der Waals surface area contributed by atoms with Gasteiger partial charge in [-0.1, -0.05) is 12.1 Å². The fourth-order valence-corrected chi connectivity index (χ4v) is 3.54. The number of nitrogens with one attached hydrogen (secondary N) is 1. The smallest absolute Gasteiger partial charge is 0.122 e. The number of fused-ring (bicyclic) bond motifs is 1. The molecule has 4 rings (SSSR count). The van der Waals surface area contributed by atoms with Gasteiger partial charge in [0, 0.05) is 31.6 Å². The van der Waals surface area contributed by atoms with E-state index < -0.39 is 0 Å². The minimum Gasteiger partial charge on any atom is -0.493 e. The molecule has 0 aromatic heterocycles. The Morgan fingerprint density at radius 3 is 3.10 bits per heavy atom. The molecular weight excluding hydrogens is 248 g/mol. The van der Waals surface area contributed by atoms with Crippen LogP contribution in [0.4, 0.5) is 0 Å². The summed E-state index contributed by atoms with van der Waals surface area (Å²) in [5.41, 5.74) is 2.84. The number of nitrogens with zero attached hydrogens (tertiary/aromatic N) is 1. The van der Waals surface area contributed by atoms with Crippen molar-refractivity contribution in [2.24, 2.45) is 0 Å². The van der Waals surface area contributed by atoms with E-state index in [2.05, 4.69) is 28.4 Å². The van der Waals surface area contributed by atoms with Crippen LogP contribution in [-0.2, 0) is 12.8 Å². The molecule has 2 heterocycles. The maximum absolute atomic E-state index is 5.56. The van der Waals surface area contributed by atoms with Crippen molar-refractivity contribution >= 4 is 0 Å². The molecule has 0 amide bonds. The standard InChI is InChI=1S/C17H24N2O/c1-4-17-14(7-10-20-17)11-13(1)5-8-18-15-6-9-19(12-15)16-2-3-16/h1,4,11,15-16,18H,2-3,5-10,12H2. The van der Waals surface area contributed by atoms with Crippen LogP contribution in [0.2, 0.25) is 0 Å². The van der Waals surface area contributed by atoms with Crippen LogP contribution in [0.15, 0.2) is 18.2 Å². The highest BCUT2D eigenvalue weighted by molar-refractivity contribution is 5.39. The van der Waals surface area contributed by atoms with Gasteiger partial charge in [0.25, 0.3) is 0 Å². The number of rotatable bonds is 5. The van der Waals surface area contributed by atoms with E-state index in [0.717, 1.165) is 37.8 Å². The lowest BCUT2D eigenvalue weighted by molar-refractivity contribution is 0.318. The number of benzene rings is 1. The highest BCUT2D eigenvalue weighted by atomic mass is 16.5. The number of likely N-dealkylation sites (tertiary alicyclic amines) is 1. The first-order chi connectivity index (χ1) is 9.88. The van der Waals surface area contributed by atoms with E-state index in [1.807, 2.05) is 0 Å². The Kier molecular flexibility index (Phi) is 3.41. The average molecular weight is 272 g/mol. The zero-order valence-corrected chi connectivity index (χ0v) is 12.1. The second kappa shape index (κ2) is 5.38. The Bertz CT molecular complexity index is 484. The summed E-state index contributed by atoms with van der Waals surface area (Å²) >= 11 is 0. The lowest BCUT2D eigenvalue weighted by Gasteiger charge is -2.15. The number of ether oxygens (including phenoxy) is 1. The van der Waals surface area contributed by atoms with E-state index in [9.17, 15) is 0 Å². The topological polar surface area (TPSA) is 24.5 Å². The summed E-state index contributed by atoms with van der Waals surface area (Å²) in [5, 5.41) is 3.74. The predicted octanol–water partition coefficient (Wildman–Crippen LogP) is 1.99. The molecule has 1 saturated carbocycles. The third-order valence-corrected chi connectivity index (χ3v) is 4.88. The molecule has 1 N–H and O–H groups in total. The summed E-state index contributed by atoms with van der Waals surface area (Å²) in [6.07, 6.45) is 6.41. The van der Waals surface area contributed by atoms with Crippen LogP contribution in [-0.4, -0.2) is 43.2 Å². The van der Waals surface area contributed by atoms with E-state index in [1.165, 1.54) is 43.5 Å². The molecular formula is C17H24N2O. The molecule has 0 spiro atoms. The SMILES string of the molecule is c1cc2c(cc1CCNC1CCN(C3CC3)C1)CCO2. The molecule has 0 radical (unpaired) electrons. The summed E-state index contributed by atoms with van der Waals surface area (Å²) in [7, 11) is 0. The molecule has 1 saturated heterocycles.